The number of hydrogen-bond donors (Lipinski definition) is 0. The molecule has 1 aliphatic heterocycles. The molecule has 0 saturated carbocycles. The second-order valence-electron chi connectivity index (χ2n) is 5.44. The summed E-state index contributed by atoms with van der Waals surface area (Å²) < 4.78 is 11.2. The zero-order chi connectivity index (χ0) is 15.9. The van der Waals surface area contributed by atoms with Crippen LogP contribution in [-0.4, -0.2) is 67.3 Å². The number of carbonyl (C=O) groups excluding carboxylic acids is 1. The number of hydrogen-bond acceptors (Lipinski definition) is 6. The maximum atomic E-state index is 12.0. The molecule has 0 radical (unpaired) electrons. The van der Waals surface area contributed by atoms with Gasteiger partial charge in [-0.25, -0.2) is 9.97 Å². The second kappa shape index (κ2) is 7.93. The number of anilines is 1. The molecule has 1 aromatic heterocycles. The predicted octanol–water partition coefficient (Wildman–Crippen LogP) is 0.949. The van der Waals surface area contributed by atoms with Crippen LogP contribution in [0.1, 0.15) is 19.8 Å². The number of rotatable bonds is 6. The van der Waals surface area contributed by atoms with Crippen LogP contribution in [0.4, 0.5) is 5.82 Å². The fourth-order valence-electron chi connectivity index (χ4n) is 2.41. The van der Waals surface area contributed by atoms with Crippen molar-refractivity contribution in [2.24, 2.45) is 0 Å². The van der Waals surface area contributed by atoms with Crippen LogP contribution < -0.4 is 9.64 Å². The van der Waals surface area contributed by atoms with Gasteiger partial charge in [-0.3, -0.25) is 4.79 Å². The summed E-state index contributed by atoms with van der Waals surface area (Å²) in [6, 6.07) is 0. The van der Waals surface area contributed by atoms with E-state index in [0.717, 1.165) is 19.4 Å². The van der Waals surface area contributed by atoms with Gasteiger partial charge in [-0.15, -0.1) is 0 Å². The van der Waals surface area contributed by atoms with E-state index in [-0.39, 0.29) is 18.6 Å². The van der Waals surface area contributed by atoms with Crippen LogP contribution in [0, 0.1) is 0 Å². The molecule has 0 bridgehead atoms. The van der Waals surface area contributed by atoms with Crippen LogP contribution in [0.15, 0.2) is 12.4 Å². The summed E-state index contributed by atoms with van der Waals surface area (Å²) >= 11 is 0. The molecule has 1 aliphatic rings. The van der Waals surface area contributed by atoms with Crippen molar-refractivity contribution in [1.29, 1.82) is 0 Å². The van der Waals surface area contributed by atoms with Gasteiger partial charge in [0.2, 0.25) is 5.91 Å². The van der Waals surface area contributed by atoms with Crippen molar-refractivity contribution < 1.29 is 14.3 Å². The molecule has 1 saturated heterocycles. The van der Waals surface area contributed by atoms with Crippen molar-refractivity contribution in [3.05, 3.63) is 12.4 Å². The van der Waals surface area contributed by atoms with Crippen molar-refractivity contribution in [3.63, 3.8) is 0 Å². The first-order valence-electron chi connectivity index (χ1n) is 7.62. The second-order valence-corrected chi connectivity index (χ2v) is 5.44. The highest BCUT2D eigenvalue weighted by molar-refractivity contribution is 5.77. The first-order valence-corrected chi connectivity index (χ1v) is 7.62. The Morgan fingerprint density at radius 3 is 2.91 bits per heavy atom. The molecule has 0 aromatic carbocycles. The van der Waals surface area contributed by atoms with Crippen LogP contribution in [0.3, 0.4) is 0 Å². The molecule has 1 fully saturated rings. The van der Waals surface area contributed by atoms with Crippen LogP contribution in [0.25, 0.3) is 0 Å². The molecular weight excluding hydrogens is 284 g/mol. The topological polar surface area (TPSA) is 67.8 Å². The number of nitrogens with zero attached hydrogens (tertiary/aromatic N) is 4. The van der Waals surface area contributed by atoms with Gasteiger partial charge >= 0.3 is 0 Å². The van der Waals surface area contributed by atoms with E-state index in [1.165, 1.54) is 0 Å². The Morgan fingerprint density at radius 2 is 2.18 bits per heavy atom. The Bertz CT molecular complexity index is 495. The van der Waals surface area contributed by atoms with Gasteiger partial charge in [0.05, 0.1) is 6.54 Å². The number of amides is 1. The molecule has 2 rings (SSSR count). The standard InChI is InChI=1S/C15H24N4O3/c1-4-21-11-13(20)19-9-5-6-12(10-19)22-15-14(18(2)3)16-7-8-17-15/h7-8,12H,4-6,9-11H2,1-3H3/t12-/m1/s1. The Hall–Kier alpha value is -1.89. The highest BCUT2D eigenvalue weighted by Crippen LogP contribution is 2.24. The normalized spacial score (nSPS) is 18.1. The quantitative estimate of drug-likeness (QED) is 0.779. The first-order chi connectivity index (χ1) is 10.6. The molecule has 1 atom stereocenters. The van der Waals surface area contributed by atoms with Gasteiger partial charge in [-0.1, -0.05) is 0 Å². The third kappa shape index (κ3) is 4.30. The van der Waals surface area contributed by atoms with Gasteiger partial charge in [0.25, 0.3) is 5.88 Å². The minimum absolute atomic E-state index is 0.0159. The number of carbonyl (C=O) groups is 1. The van der Waals surface area contributed by atoms with Crippen LogP contribution in [0.5, 0.6) is 5.88 Å². The Labute approximate surface area is 131 Å². The molecule has 1 amide bonds. The summed E-state index contributed by atoms with van der Waals surface area (Å²) in [6.07, 6.45) is 5.02. The lowest BCUT2D eigenvalue weighted by Crippen LogP contribution is -2.45. The lowest BCUT2D eigenvalue weighted by Gasteiger charge is -2.33. The Balaban J connectivity index is 1.97. The zero-order valence-electron chi connectivity index (χ0n) is 13.5. The predicted molar refractivity (Wildman–Crippen MR) is 83.1 cm³/mol. The third-order valence-electron chi connectivity index (χ3n) is 3.51. The maximum Gasteiger partial charge on any atom is 0.257 e. The monoisotopic (exact) mass is 308 g/mol. The summed E-state index contributed by atoms with van der Waals surface area (Å²) in [4.78, 5) is 24.2. The van der Waals surface area contributed by atoms with Gasteiger partial charge in [-0.05, 0) is 19.8 Å². The number of ether oxygens (including phenoxy) is 2. The van der Waals surface area contributed by atoms with Crippen LogP contribution >= 0.6 is 0 Å². The van der Waals surface area contributed by atoms with E-state index in [1.54, 1.807) is 17.3 Å². The van der Waals surface area contributed by atoms with E-state index in [9.17, 15) is 4.79 Å². The number of likely N-dealkylation sites (tertiary alicyclic amines) is 1. The van der Waals surface area contributed by atoms with Crippen molar-refractivity contribution in [2.75, 3.05) is 45.3 Å². The number of aromatic nitrogens is 2. The lowest BCUT2D eigenvalue weighted by molar-refractivity contribution is -0.138. The average Bonchev–Trinajstić information content (AvgIpc) is 2.53. The largest absolute Gasteiger partial charge is 0.470 e. The average molecular weight is 308 g/mol. The molecule has 122 valence electrons. The molecule has 22 heavy (non-hydrogen) atoms. The zero-order valence-corrected chi connectivity index (χ0v) is 13.5. The van der Waals surface area contributed by atoms with Gasteiger partial charge in [0.1, 0.15) is 12.7 Å². The molecule has 1 aromatic rings. The van der Waals surface area contributed by atoms with E-state index in [0.29, 0.717) is 24.8 Å². The van der Waals surface area contributed by atoms with Gasteiger partial charge in [0.15, 0.2) is 5.82 Å². The molecule has 7 heteroatoms. The highest BCUT2D eigenvalue weighted by atomic mass is 16.5. The van der Waals surface area contributed by atoms with Gasteiger partial charge in [0, 0.05) is 39.6 Å². The molecule has 7 nitrogen and oxygen atoms in total. The summed E-state index contributed by atoms with van der Waals surface area (Å²) in [5.41, 5.74) is 0. The van der Waals surface area contributed by atoms with Crippen molar-refractivity contribution >= 4 is 11.7 Å². The molecule has 0 unspecified atom stereocenters. The summed E-state index contributed by atoms with van der Waals surface area (Å²) in [5, 5.41) is 0. The van der Waals surface area contributed by atoms with E-state index in [2.05, 4.69) is 9.97 Å². The van der Waals surface area contributed by atoms with Crippen LogP contribution in [0.2, 0.25) is 0 Å². The summed E-state index contributed by atoms with van der Waals surface area (Å²) in [7, 11) is 3.80. The van der Waals surface area contributed by atoms with E-state index < -0.39 is 0 Å². The SMILES string of the molecule is CCOCC(=O)N1CCC[C@@H](Oc2nccnc2N(C)C)C1. The van der Waals surface area contributed by atoms with Crippen molar-refractivity contribution in [2.45, 2.75) is 25.9 Å². The lowest BCUT2D eigenvalue weighted by atomic mass is 10.1. The van der Waals surface area contributed by atoms with Gasteiger partial charge in [-0.2, -0.15) is 0 Å². The smallest absolute Gasteiger partial charge is 0.257 e. The van der Waals surface area contributed by atoms with Gasteiger partial charge < -0.3 is 19.3 Å². The minimum atomic E-state index is -0.0604. The van der Waals surface area contributed by atoms with E-state index in [1.807, 2.05) is 25.9 Å². The highest BCUT2D eigenvalue weighted by Gasteiger charge is 2.26. The minimum Gasteiger partial charge on any atom is -0.470 e. The molecule has 2 heterocycles. The third-order valence-corrected chi connectivity index (χ3v) is 3.51. The van der Waals surface area contributed by atoms with E-state index >= 15 is 0 Å². The molecule has 0 N–H and O–H groups in total. The molecular formula is C15H24N4O3. The summed E-state index contributed by atoms with van der Waals surface area (Å²) in [6.45, 7) is 3.89. The fraction of sp³-hybridized carbons (Fsp3) is 0.667. The first kappa shape index (κ1) is 16.5. The van der Waals surface area contributed by atoms with Crippen molar-refractivity contribution in [3.8, 4) is 5.88 Å². The van der Waals surface area contributed by atoms with Crippen molar-refractivity contribution in [1.82, 2.24) is 14.9 Å². The Kier molecular flexibility index (Phi) is 5.94. The number of piperidine rings is 1. The molecule has 0 spiro atoms. The van der Waals surface area contributed by atoms with E-state index in [4.69, 9.17) is 9.47 Å². The summed E-state index contributed by atoms with van der Waals surface area (Å²) in [5.74, 6) is 1.22. The van der Waals surface area contributed by atoms with Crippen LogP contribution in [-0.2, 0) is 9.53 Å². The maximum absolute atomic E-state index is 12.0. The molecule has 0 aliphatic carbocycles. The fourth-order valence-corrected chi connectivity index (χ4v) is 2.41. The Morgan fingerprint density at radius 1 is 1.41 bits per heavy atom.